The molecule has 110 valence electrons. The lowest BCUT2D eigenvalue weighted by molar-refractivity contribution is 0.0746. The molecular formula is C17H17F2NO. The fraction of sp³-hybridized carbons (Fsp3) is 0.235. The number of amides is 1. The van der Waals surface area contributed by atoms with Gasteiger partial charge in [0.15, 0.2) is 11.6 Å². The highest BCUT2D eigenvalue weighted by Crippen LogP contribution is 2.17. The Morgan fingerprint density at radius 1 is 1.10 bits per heavy atom. The van der Waals surface area contributed by atoms with E-state index in [1.54, 1.807) is 0 Å². The molecule has 4 heteroatoms. The molecule has 2 rings (SSSR count). The second kappa shape index (κ2) is 6.48. The first-order chi connectivity index (χ1) is 10.0. The first-order valence-electron chi connectivity index (χ1n) is 6.82. The summed E-state index contributed by atoms with van der Waals surface area (Å²) >= 11 is 0. The van der Waals surface area contributed by atoms with Crippen LogP contribution in [0.3, 0.4) is 0 Å². The lowest BCUT2D eigenvalue weighted by atomic mass is 10.1. The molecule has 2 aromatic carbocycles. The molecule has 1 amide bonds. The molecule has 0 unspecified atom stereocenters. The average Bonchev–Trinajstić information content (AvgIpc) is 2.48. The molecule has 0 aliphatic carbocycles. The van der Waals surface area contributed by atoms with Crippen molar-refractivity contribution in [1.82, 2.24) is 4.90 Å². The molecule has 2 nitrogen and oxygen atoms in total. The zero-order valence-electron chi connectivity index (χ0n) is 12.1. The van der Waals surface area contributed by atoms with E-state index >= 15 is 0 Å². The predicted octanol–water partition coefficient (Wildman–Crippen LogP) is 3.94. The molecule has 0 spiro atoms. The minimum Gasteiger partial charge on any atom is -0.334 e. The Morgan fingerprint density at radius 3 is 2.48 bits per heavy atom. The van der Waals surface area contributed by atoms with Crippen molar-refractivity contribution in [1.29, 1.82) is 0 Å². The highest BCUT2D eigenvalue weighted by Gasteiger charge is 2.20. The van der Waals surface area contributed by atoms with E-state index in [0.717, 1.165) is 17.2 Å². The Labute approximate surface area is 123 Å². The van der Waals surface area contributed by atoms with Crippen LogP contribution in [0.5, 0.6) is 0 Å². The molecule has 0 saturated carbocycles. The molecule has 0 heterocycles. The Bertz CT molecular complexity index is 655. The number of halogens is 2. The maximum Gasteiger partial charge on any atom is 0.257 e. The second-order valence-corrected chi connectivity index (χ2v) is 4.85. The quantitative estimate of drug-likeness (QED) is 0.835. The third kappa shape index (κ3) is 3.27. The van der Waals surface area contributed by atoms with Crippen LogP contribution in [0.2, 0.25) is 0 Å². The van der Waals surface area contributed by atoms with Crippen LogP contribution in [0, 0.1) is 18.6 Å². The van der Waals surface area contributed by atoms with Crippen molar-refractivity contribution in [2.45, 2.75) is 20.4 Å². The van der Waals surface area contributed by atoms with Crippen molar-refractivity contribution in [2.24, 2.45) is 0 Å². The number of rotatable bonds is 4. The van der Waals surface area contributed by atoms with E-state index in [9.17, 15) is 13.6 Å². The van der Waals surface area contributed by atoms with Crippen molar-refractivity contribution in [3.8, 4) is 0 Å². The van der Waals surface area contributed by atoms with Crippen molar-refractivity contribution in [2.75, 3.05) is 6.54 Å². The third-order valence-corrected chi connectivity index (χ3v) is 3.47. The van der Waals surface area contributed by atoms with Gasteiger partial charge in [-0.05, 0) is 37.1 Å². The maximum atomic E-state index is 13.7. The van der Waals surface area contributed by atoms with Gasteiger partial charge in [-0.3, -0.25) is 4.79 Å². The van der Waals surface area contributed by atoms with Gasteiger partial charge in [0.05, 0.1) is 5.56 Å². The number of carbonyl (C=O) groups excluding carboxylic acids is 1. The number of hydrogen-bond donors (Lipinski definition) is 0. The van der Waals surface area contributed by atoms with E-state index in [4.69, 9.17) is 0 Å². The Hall–Kier alpha value is -2.23. The van der Waals surface area contributed by atoms with Crippen LogP contribution in [0.25, 0.3) is 0 Å². The van der Waals surface area contributed by atoms with Gasteiger partial charge in [0.1, 0.15) is 0 Å². The second-order valence-electron chi connectivity index (χ2n) is 4.85. The first-order valence-corrected chi connectivity index (χ1v) is 6.82. The molecule has 2 aromatic rings. The van der Waals surface area contributed by atoms with Gasteiger partial charge in [0.25, 0.3) is 5.91 Å². The predicted molar refractivity (Wildman–Crippen MR) is 78.0 cm³/mol. The van der Waals surface area contributed by atoms with Crippen molar-refractivity contribution >= 4 is 5.91 Å². The molecule has 0 aliphatic heterocycles. The van der Waals surface area contributed by atoms with Crippen LogP contribution in [-0.2, 0) is 6.54 Å². The smallest absolute Gasteiger partial charge is 0.257 e. The monoisotopic (exact) mass is 289 g/mol. The number of aryl methyl sites for hydroxylation is 1. The van der Waals surface area contributed by atoms with Gasteiger partial charge in [0, 0.05) is 13.1 Å². The lowest BCUT2D eigenvalue weighted by Gasteiger charge is -2.22. The van der Waals surface area contributed by atoms with E-state index in [1.807, 2.05) is 38.1 Å². The van der Waals surface area contributed by atoms with E-state index in [0.29, 0.717) is 13.1 Å². The van der Waals surface area contributed by atoms with E-state index < -0.39 is 17.5 Å². The summed E-state index contributed by atoms with van der Waals surface area (Å²) in [5, 5.41) is 0. The van der Waals surface area contributed by atoms with Crippen LogP contribution >= 0.6 is 0 Å². The van der Waals surface area contributed by atoms with E-state index in [1.165, 1.54) is 17.0 Å². The van der Waals surface area contributed by atoms with Gasteiger partial charge in [-0.1, -0.05) is 30.3 Å². The molecular weight excluding hydrogens is 272 g/mol. The standard InChI is InChI=1S/C17H17F2NO/c1-3-20(11-13-8-5-4-7-12(13)2)17(21)14-9-6-10-15(18)16(14)19/h4-10H,3,11H2,1-2H3. The van der Waals surface area contributed by atoms with Crippen LogP contribution in [0.15, 0.2) is 42.5 Å². The van der Waals surface area contributed by atoms with Crippen LogP contribution in [-0.4, -0.2) is 17.4 Å². The van der Waals surface area contributed by atoms with Crippen LogP contribution < -0.4 is 0 Å². The van der Waals surface area contributed by atoms with Crippen molar-refractivity contribution in [3.63, 3.8) is 0 Å². The summed E-state index contributed by atoms with van der Waals surface area (Å²) < 4.78 is 27.0. The van der Waals surface area contributed by atoms with Gasteiger partial charge in [-0.25, -0.2) is 8.78 Å². The first kappa shape index (κ1) is 15.2. The summed E-state index contributed by atoms with van der Waals surface area (Å²) in [6.45, 7) is 4.56. The van der Waals surface area contributed by atoms with Crippen LogP contribution in [0.4, 0.5) is 8.78 Å². The zero-order chi connectivity index (χ0) is 15.4. The normalized spacial score (nSPS) is 10.5. The molecule has 21 heavy (non-hydrogen) atoms. The number of benzene rings is 2. The van der Waals surface area contributed by atoms with Gasteiger partial charge in [-0.15, -0.1) is 0 Å². The Kier molecular flexibility index (Phi) is 4.68. The molecule has 0 saturated heterocycles. The maximum absolute atomic E-state index is 13.7. The van der Waals surface area contributed by atoms with Crippen LogP contribution in [0.1, 0.15) is 28.4 Å². The Balaban J connectivity index is 2.27. The Morgan fingerprint density at radius 2 is 1.81 bits per heavy atom. The molecule has 0 atom stereocenters. The van der Waals surface area contributed by atoms with E-state index in [-0.39, 0.29) is 5.56 Å². The molecule has 0 radical (unpaired) electrons. The lowest BCUT2D eigenvalue weighted by Crippen LogP contribution is -2.31. The molecule has 0 N–H and O–H groups in total. The fourth-order valence-electron chi connectivity index (χ4n) is 2.16. The fourth-order valence-corrected chi connectivity index (χ4v) is 2.16. The summed E-state index contributed by atoms with van der Waals surface area (Å²) in [5.74, 6) is -2.60. The molecule has 0 aliphatic rings. The molecule has 0 fully saturated rings. The van der Waals surface area contributed by atoms with Gasteiger partial charge < -0.3 is 4.90 Å². The summed E-state index contributed by atoms with van der Waals surface area (Å²) in [7, 11) is 0. The molecule has 0 aromatic heterocycles. The minimum absolute atomic E-state index is 0.231. The largest absolute Gasteiger partial charge is 0.334 e. The number of carbonyl (C=O) groups is 1. The summed E-state index contributed by atoms with van der Waals surface area (Å²) in [6, 6.07) is 11.3. The zero-order valence-corrected chi connectivity index (χ0v) is 12.1. The number of hydrogen-bond acceptors (Lipinski definition) is 1. The third-order valence-electron chi connectivity index (χ3n) is 3.47. The van der Waals surface area contributed by atoms with E-state index in [2.05, 4.69) is 0 Å². The van der Waals surface area contributed by atoms with Crippen molar-refractivity contribution in [3.05, 3.63) is 70.8 Å². The summed E-state index contributed by atoms with van der Waals surface area (Å²) in [6.07, 6.45) is 0. The molecule has 0 bridgehead atoms. The highest BCUT2D eigenvalue weighted by molar-refractivity contribution is 5.94. The van der Waals surface area contributed by atoms with Crippen molar-refractivity contribution < 1.29 is 13.6 Å². The topological polar surface area (TPSA) is 20.3 Å². The summed E-state index contributed by atoms with van der Waals surface area (Å²) in [4.78, 5) is 13.9. The minimum atomic E-state index is -1.09. The average molecular weight is 289 g/mol. The van der Waals surface area contributed by atoms with Gasteiger partial charge >= 0.3 is 0 Å². The number of nitrogens with zero attached hydrogens (tertiary/aromatic N) is 1. The highest BCUT2D eigenvalue weighted by atomic mass is 19.2. The van der Waals surface area contributed by atoms with Gasteiger partial charge in [-0.2, -0.15) is 0 Å². The summed E-state index contributed by atoms with van der Waals surface area (Å²) in [5.41, 5.74) is 1.82. The van der Waals surface area contributed by atoms with Gasteiger partial charge in [0.2, 0.25) is 0 Å². The SMILES string of the molecule is CCN(Cc1ccccc1C)C(=O)c1cccc(F)c1F.